The SMILES string of the molecule is O=Cc1ccccc1-n1ccnc1C1CC1. The summed E-state index contributed by atoms with van der Waals surface area (Å²) in [6.45, 7) is 0. The molecule has 1 aromatic carbocycles. The smallest absolute Gasteiger partial charge is 0.152 e. The van der Waals surface area contributed by atoms with Gasteiger partial charge in [0, 0.05) is 23.9 Å². The molecule has 1 heterocycles. The van der Waals surface area contributed by atoms with E-state index in [0.29, 0.717) is 11.5 Å². The molecule has 0 saturated heterocycles. The number of para-hydroxylation sites is 1. The highest BCUT2D eigenvalue weighted by Crippen LogP contribution is 2.39. The maximum atomic E-state index is 11.0. The van der Waals surface area contributed by atoms with Crippen LogP contribution in [0, 0.1) is 0 Å². The molecule has 16 heavy (non-hydrogen) atoms. The van der Waals surface area contributed by atoms with Crippen molar-refractivity contribution < 1.29 is 4.79 Å². The summed E-state index contributed by atoms with van der Waals surface area (Å²) < 4.78 is 2.03. The first kappa shape index (κ1) is 9.33. The predicted octanol–water partition coefficient (Wildman–Crippen LogP) is 2.56. The third-order valence-corrected chi connectivity index (χ3v) is 2.94. The number of carbonyl (C=O) groups is 1. The van der Waals surface area contributed by atoms with Crippen molar-refractivity contribution >= 4 is 6.29 Å². The summed E-state index contributed by atoms with van der Waals surface area (Å²) in [5.41, 5.74) is 1.64. The number of aromatic nitrogens is 2. The molecule has 1 aliphatic rings. The number of benzene rings is 1. The zero-order valence-electron chi connectivity index (χ0n) is 8.84. The maximum Gasteiger partial charge on any atom is 0.152 e. The minimum Gasteiger partial charge on any atom is -0.303 e. The summed E-state index contributed by atoms with van der Waals surface area (Å²) in [5.74, 6) is 1.66. The number of nitrogens with zero attached hydrogens (tertiary/aromatic N) is 2. The first-order valence-electron chi connectivity index (χ1n) is 5.48. The Morgan fingerprint density at radius 1 is 1.31 bits per heavy atom. The Bertz CT molecular complexity index is 526. The zero-order valence-corrected chi connectivity index (χ0v) is 8.84. The van der Waals surface area contributed by atoms with E-state index in [1.807, 2.05) is 35.0 Å². The minimum atomic E-state index is 0.578. The molecule has 1 aliphatic carbocycles. The lowest BCUT2D eigenvalue weighted by molar-refractivity contribution is 0.112. The van der Waals surface area contributed by atoms with E-state index < -0.39 is 0 Å². The lowest BCUT2D eigenvalue weighted by Gasteiger charge is -2.08. The van der Waals surface area contributed by atoms with E-state index in [-0.39, 0.29) is 0 Å². The minimum absolute atomic E-state index is 0.578. The average molecular weight is 212 g/mol. The van der Waals surface area contributed by atoms with Crippen molar-refractivity contribution in [1.82, 2.24) is 9.55 Å². The Kier molecular flexibility index (Phi) is 2.10. The monoisotopic (exact) mass is 212 g/mol. The van der Waals surface area contributed by atoms with E-state index in [1.54, 1.807) is 6.20 Å². The van der Waals surface area contributed by atoms with Crippen LogP contribution in [-0.4, -0.2) is 15.8 Å². The summed E-state index contributed by atoms with van der Waals surface area (Å²) in [5, 5.41) is 0. The van der Waals surface area contributed by atoms with Crippen molar-refractivity contribution in [2.75, 3.05) is 0 Å². The second kappa shape index (κ2) is 3.59. The van der Waals surface area contributed by atoms with Crippen molar-refractivity contribution in [2.45, 2.75) is 18.8 Å². The van der Waals surface area contributed by atoms with Gasteiger partial charge >= 0.3 is 0 Å². The van der Waals surface area contributed by atoms with Crippen LogP contribution in [0.2, 0.25) is 0 Å². The third kappa shape index (κ3) is 1.45. The highest BCUT2D eigenvalue weighted by Gasteiger charge is 2.28. The van der Waals surface area contributed by atoms with Gasteiger partial charge in [-0.1, -0.05) is 12.1 Å². The first-order valence-corrected chi connectivity index (χ1v) is 5.48. The van der Waals surface area contributed by atoms with Crippen molar-refractivity contribution in [3.8, 4) is 5.69 Å². The van der Waals surface area contributed by atoms with Gasteiger partial charge in [0.05, 0.1) is 5.69 Å². The molecule has 0 amide bonds. The van der Waals surface area contributed by atoms with Gasteiger partial charge in [0.2, 0.25) is 0 Å². The second-order valence-corrected chi connectivity index (χ2v) is 4.11. The molecule has 1 saturated carbocycles. The highest BCUT2D eigenvalue weighted by atomic mass is 16.1. The largest absolute Gasteiger partial charge is 0.303 e. The molecule has 0 aliphatic heterocycles. The topological polar surface area (TPSA) is 34.9 Å². The lowest BCUT2D eigenvalue weighted by Crippen LogP contribution is -2.02. The van der Waals surface area contributed by atoms with Gasteiger partial charge in [0.25, 0.3) is 0 Å². The molecule has 0 bridgehead atoms. The fourth-order valence-corrected chi connectivity index (χ4v) is 1.97. The van der Waals surface area contributed by atoms with Gasteiger partial charge in [-0.3, -0.25) is 4.79 Å². The molecule has 1 fully saturated rings. The highest BCUT2D eigenvalue weighted by molar-refractivity contribution is 5.80. The Hall–Kier alpha value is -1.90. The molecule has 3 nitrogen and oxygen atoms in total. The Labute approximate surface area is 93.7 Å². The summed E-state index contributed by atoms with van der Waals surface area (Å²) in [4.78, 5) is 15.4. The van der Waals surface area contributed by atoms with Crippen LogP contribution in [0.1, 0.15) is 34.9 Å². The van der Waals surface area contributed by atoms with E-state index >= 15 is 0 Å². The summed E-state index contributed by atoms with van der Waals surface area (Å²) in [6.07, 6.45) is 7.04. The Balaban J connectivity index is 2.13. The molecule has 1 aromatic heterocycles. The molecule has 0 unspecified atom stereocenters. The molecule has 3 heteroatoms. The molecule has 0 spiro atoms. The molecule has 0 N–H and O–H groups in total. The Morgan fingerprint density at radius 3 is 2.88 bits per heavy atom. The van der Waals surface area contributed by atoms with Crippen molar-refractivity contribution in [3.05, 3.63) is 48.0 Å². The summed E-state index contributed by atoms with van der Waals surface area (Å²) in [7, 11) is 0. The fourth-order valence-electron chi connectivity index (χ4n) is 1.97. The summed E-state index contributed by atoms with van der Waals surface area (Å²) >= 11 is 0. The van der Waals surface area contributed by atoms with Crippen LogP contribution < -0.4 is 0 Å². The van der Waals surface area contributed by atoms with Crippen LogP contribution in [0.3, 0.4) is 0 Å². The van der Waals surface area contributed by atoms with Gasteiger partial charge in [-0.15, -0.1) is 0 Å². The first-order chi connectivity index (χ1) is 7.90. The fraction of sp³-hybridized carbons (Fsp3) is 0.231. The average Bonchev–Trinajstić information content (AvgIpc) is 3.07. The molecule has 0 atom stereocenters. The normalized spacial score (nSPS) is 15.0. The molecule has 3 rings (SSSR count). The van der Waals surface area contributed by atoms with Crippen LogP contribution in [-0.2, 0) is 0 Å². The van der Waals surface area contributed by atoms with E-state index in [0.717, 1.165) is 17.8 Å². The molecular weight excluding hydrogens is 200 g/mol. The number of hydrogen-bond acceptors (Lipinski definition) is 2. The van der Waals surface area contributed by atoms with E-state index in [4.69, 9.17) is 0 Å². The number of aldehydes is 1. The number of carbonyl (C=O) groups excluding carboxylic acids is 1. The lowest BCUT2D eigenvalue weighted by atomic mass is 10.2. The third-order valence-electron chi connectivity index (χ3n) is 2.94. The van der Waals surface area contributed by atoms with Crippen molar-refractivity contribution in [1.29, 1.82) is 0 Å². The molecule has 80 valence electrons. The van der Waals surface area contributed by atoms with Crippen LogP contribution in [0.15, 0.2) is 36.7 Å². The molecular formula is C13H12N2O. The van der Waals surface area contributed by atoms with Crippen LogP contribution in [0.25, 0.3) is 5.69 Å². The van der Waals surface area contributed by atoms with Gasteiger partial charge in [-0.05, 0) is 25.0 Å². The second-order valence-electron chi connectivity index (χ2n) is 4.11. The molecule has 2 aromatic rings. The van der Waals surface area contributed by atoms with E-state index in [9.17, 15) is 4.79 Å². The zero-order chi connectivity index (χ0) is 11.0. The maximum absolute atomic E-state index is 11.0. The number of hydrogen-bond donors (Lipinski definition) is 0. The van der Waals surface area contributed by atoms with Gasteiger partial charge < -0.3 is 4.57 Å². The van der Waals surface area contributed by atoms with Gasteiger partial charge in [-0.2, -0.15) is 0 Å². The number of rotatable bonds is 3. The van der Waals surface area contributed by atoms with Crippen LogP contribution in [0.5, 0.6) is 0 Å². The predicted molar refractivity (Wildman–Crippen MR) is 60.9 cm³/mol. The van der Waals surface area contributed by atoms with E-state index in [1.165, 1.54) is 12.8 Å². The standard InChI is InChI=1S/C13H12N2O/c16-9-11-3-1-2-4-12(11)15-8-7-14-13(15)10-5-6-10/h1-4,7-10H,5-6H2. The summed E-state index contributed by atoms with van der Waals surface area (Å²) in [6, 6.07) is 7.61. The van der Waals surface area contributed by atoms with Crippen molar-refractivity contribution in [2.24, 2.45) is 0 Å². The van der Waals surface area contributed by atoms with Gasteiger partial charge in [0.15, 0.2) is 6.29 Å². The van der Waals surface area contributed by atoms with Crippen LogP contribution >= 0.6 is 0 Å². The van der Waals surface area contributed by atoms with Crippen LogP contribution in [0.4, 0.5) is 0 Å². The van der Waals surface area contributed by atoms with E-state index in [2.05, 4.69) is 4.98 Å². The molecule has 0 radical (unpaired) electrons. The van der Waals surface area contributed by atoms with Crippen molar-refractivity contribution in [3.63, 3.8) is 0 Å². The Morgan fingerprint density at radius 2 is 2.12 bits per heavy atom. The van der Waals surface area contributed by atoms with Gasteiger partial charge in [-0.25, -0.2) is 4.98 Å². The van der Waals surface area contributed by atoms with Gasteiger partial charge in [0.1, 0.15) is 5.82 Å². The number of imidazole rings is 1. The quantitative estimate of drug-likeness (QED) is 0.733.